The topological polar surface area (TPSA) is 98.2 Å². The van der Waals surface area contributed by atoms with Crippen molar-refractivity contribution in [2.24, 2.45) is 0 Å². The number of carbonyl (C=O) groups excluding carboxylic acids is 3. The summed E-state index contributed by atoms with van der Waals surface area (Å²) < 4.78 is 0. The van der Waals surface area contributed by atoms with Crippen LogP contribution < -0.4 is 0 Å². The number of amides is 4. The Bertz CT molecular complexity index is 274. The standard InChI is InChI=1S/C7H10N2O5/c1-3(10)8-5(12)6(13)9(4(2)11)7(8)14/h5-6,12-13H,1-2H3/t5-,6+. The Kier molecular flexibility index (Phi) is 2.54. The van der Waals surface area contributed by atoms with E-state index in [1.807, 2.05) is 0 Å². The average Bonchev–Trinajstić information content (AvgIpc) is 2.23. The van der Waals surface area contributed by atoms with Crippen LogP contribution in [0.15, 0.2) is 0 Å². The second-order valence-corrected chi connectivity index (χ2v) is 2.89. The van der Waals surface area contributed by atoms with Gasteiger partial charge in [0.25, 0.3) is 0 Å². The number of imide groups is 2. The molecule has 0 bridgehead atoms. The Balaban J connectivity index is 3.02. The van der Waals surface area contributed by atoms with Gasteiger partial charge in [-0.2, -0.15) is 0 Å². The first-order valence-corrected chi connectivity index (χ1v) is 3.87. The van der Waals surface area contributed by atoms with Gasteiger partial charge in [0.1, 0.15) is 0 Å². The van der Waals surface area contributed by atoms with Gasteiger partial charge in [-0.05, 0) is 0 Å². The van der Waals surface area contributed by atoms with Crippen LogP contribution in [0.4, 0.5) is 4.79 Å². The summed E-state index contributed by atoms with van der Waals surface area (Å²) in [6.07, 6.45) is -3.38. The number of nitrogens with zero attached hydrogens (tertiary/aromatic N) is 2. The van der Waals surface area contributed by atoms with Crippen LogP contribution in [0.5, 0.6) is 0 Å². The maximum atomic E-state index is 11.3. The fourth-order valence-electron chi connectivity index (χ4n) is 1.25. The third-order valence-electron chi connectivity index (χ3n) is 1.89. The summed E-state index contributed by atoms with van der Waals surface area (Å²) in [5.41, 5.74) is 0. The van der Waals surface area contributed by atoms with Crippen molar-refractivity contribution in [1.82, 2.24) is 9.80 Å². The van der Waals surface area contributed by atoms with Crippen molar-refractivity contribution in [3.8, 4) is 0 Å². The fraction of sp³-hybridized carbons (Fsp3) is 0.571. The van der Waals surface area contributed by atoms with E-state index in [4.69, 9.17) is 0 Å². The molecule has 1 fully saturated rings. The first-order valence-electron chi connectivity index (χ1n) is 3.87. The van der Waals surface area contributed by atoms with Crippen LogP contribution in [-0.2, 0) is 9.59 Å². The highest BCUT2D eigenvalue weighted by atomic mass is 16.4. The molecule has 7 heteroatoms. The molecule has 0 unspecified atom stereocenters. The molecule has 0 saturated carbocycles. The molecule has 0 aromatic heterocycles. The van der Waals surface area contributed by atoms with Crippen molar-refractivity contribution >= 4 is 17.8 Å². The molecular formula is C7H10N2O5. The van der Waals surface area contributed by atoms with E-state index in [0.717, 1.165) is 13.8 Å². The molecule has 1 heterocycles. The van der Waals surface area contributed by atoms with Crippen LogP contribution >= 0.6 is 0 Å². The van der Waals surface area contributed by atoms with Crippen molar-refractivity contribution in [2.75, 3.05) is 0 Å². The molecule has 2 atom stereocenters. The number of hydrogen-bond acceptors (Lipinski definition) is 5. The SMILES string of the molecule is CC(=O)N1C(=O)N(C(C)=O)[C@@H](O)[C@H]1O. The van der Waals surface area contributed by atoms with E-state index in [2.05, 4.69) is 0 Å². The second-order valence-electron chi connectivity index (χ2n) is 2.89. The maximum absolute atomic E-state index is 11.3. The van der Waals surface area contributed by atoms with Gasteiger partial charge in [-0.3, -0.25) is 9.59 Å². The third kappa shape index (κ3) is 1.36. The molecule has 0 aromatic rings. The molecule has 78 valence electrons. The van der Waals surface area contributed by atoms with Crippen LogP contribution in [0.25, 0.3) is 0 Å². The predicted molar refractivity (Wildman–Crippen MR) is 42.4 cm³/mol. The van der Waals surface area contributed by atoms with Gasteiger partial charge in [-0.15, -0.1) is 0 Å². The molecule has 0 aromatic carbocycles. The van der Waals surface area contributed by atoms with Crippen molar-refractivity contribution in [3.05, 3.63) is 0 Å². The summed E-state index contributed by atoms with van der Waals surface area (Å²) in [5, 5.41) is 18.5. The molecule has 0 aliphatic carbocycles. The zero-order valence-corrected chi connectivity index (χ0v) is 7.67. The Morgan fingerprint density at radius 1 is 1.07 bits per heavy atom. The van der Waals surface area contributed by atoms with Crippen LogP contribution in [0.3, 0.4) is 0 Å². The highest BCUT2D eigenvalue weighted by molar-refractivity contribution is 6.03. The minimum atomic E-state index is -1.69. The molecule has 14 heavy (non-hydrogen) atoms. The molecule has 1 aliphatic heterocycles. The smallest absolute Gasteiger partial charge is 0.338 e. The summed E-state index contributed by atoms with van der Waals surface area (Å²) in [6, 6.07) is -1.01. The van der Waals surface area contributed by atoms with Gasteiger partial charge >= 0.3 is 6.03 Å². The van der Waals surface area contributed by atoms with E-state index in [-0.39, 0.29) is 0 Å². The molecule has 0 radical (unpaired) electrons. The molecule has 1 aliphatic rings. The number of rotatable bonds is 0. The number of aliphatic hydroxyl groups is 2. The minimum Gasteiger partial charge on any atom is -0.369 e. The summed E-state index contributed by atoms with van der Waals surface area (Å²) in [5.74, 6) is -1.46. The monoisotopic (exact) mass is 202 g/mol. The minimum absolute atomic E-state index is 0.423. The van der Waals surface area contributed by atoms with Crippen LogP contribution in [0, 0.1) is 0 Å². The summed E-state index contributed by atoms with van der Waals surface area (Å²) in [6.45, 7) is 2.11. The van der Waals surface area contributed by atoms with Crippen LogP contribution in [-0.4, -0.2) is 50.3 Å². The fourth-order valence-corrected chi connectivity index (χ4v) is 1.25. The van der Waals surface area contributed by atoms with Gasteiger partial charge in [0.15, 0.2) is 12.5 Å². The van der Waals surface area contributed by atoms with E-state index in [1.165, 1.54) is 0 Å². The predicted octanol–water partition coefficient (Wildman–Crippen LogP) is -1.55. The molecule has 1 saturated heterocycles. The lowest BCUT2D eigenvalue weighted by Crippen LogP contribution is -2.39. The molecule has 2 N–H and O–H groups in total. The zero-order chi connectivity index (χ0) is 11.0. The highest BCUT2D eigenvalue weighted by Gasteiger charge is 2.48. The Hall–Kier alpha value is -1.47. The van der Waals surface area contributed by atoms with E-state index in [0.29, 0.717) is 9.80 Å². The van der Waals surface area contributed by atoms with Gasteiger partial charge in [-0.25, -0.2) is 14.6 Å². The number of hydrogen-bond donors (Lipinski definition) is 2. The molecule has 4 amide bonds. The lowest BCUT2D eigenvalue weighted by Gasteiger charge is -2.14. The first kappa shape index (κ1) is 10.6. The van der Waals surface area contributed by atoms with E-state index < -0.39 is 30.3 Å². The van der Waals surface area contributed by atoms with Gasteiger partial charge in [0.05, 0.1) is 0 Å². The number of urea groups is 1. The number of aliphatic hydroxyl groups excluding tert-OH is 2. The van der Waals surface area contributed by atoms with Crippen molar-refractivity contribution < 1.29 is 24.6 Å². The normalized spacial score (nSPS) is 27.0. The lowest BCUT2D eigenvalue weighted by atomic mass is 10.4. The maximum Gasteiger partial charge on any atom is 0.338 e. The average molecular weight is 202 g/mol. The Morgan fingerprint density at radius 3 is 1.50 bits per heavy atom. The Labute approximate surface area is 79.5 Å². The quantitative estimate of drug-likeness (QED) is 0.495. The van der Waals surface area contributed by atoms with Gasteiger partial charge < -0.3 is 10.2 Å². The zero-order valence-electron chi connectivity index (χ0n) is 7.67. The van der Waals surface area contributed by atoms with Crippen molar-refractivity contribution in [1.29, 1.82) is 0 Å². The van der Waals surface area contributed by atoms with Gasteiger partial charge in [0.2, 0.25) is 11.8 Å². The van der Waals surface area contributed by atoms with Crippen LogP contribution in [0.1, 0.15) is 13.8 Å². The summed E-state index contributed by atoms with van der Waals surface area (Å²) in [4.78, 5) is 33.9. The summed E-state index contributed by atoms with van der Waals surface area (Å²) >= 11 is 0. The second kappa shape index (κ2) is 3.35. The van der Waals surface area contributed by atoms with Crippen LogP contribution in [0.2, 0.25) is 0 Å². The van der Waals surface area contributed by atoms with Gasteiger partial charge in [-0.1, -0.05) is 0 Å². The lowest BCUT2D eigenvalue weighted by molar-refractivity contribution is -0.143. The van der Waals surface area contributed by atoms with Crippen molar-refractivity contribution in [2.45, 2.75) is 26.3 Å². The third-order valence-corrected chi connectivity index (χ3v) is 1.89. The van der Waals surface area contributed by atoms with Crippen molar-refractivity contribution in [3.63, 3.8) is 0 Å². The number of carbonyl (C=O) groups is 3. The van der Waals surface area contributed by atoms with E-state index >= 15 is 0 Å². The molecular weight excluding hydrogens is 192 g/mol. The summed E-state index contributed by atoms with van der Waals surface area (Å²) in [7, 11) is 0. The largest absolute Gasteiger partial charge is 0.369 e. The van der Waals surface area contributed by atoms with Gasteiger partial charge in [0, 0.05) is 13.8 Å². The van der Waals surface area contributed by atoms with E-state index in [1.54, 1.807) is 0 Å². The molecule has 7 nitrogen and oxygen atoms in total. The Morgan fingerprint density at radius 2 is 1.36 bits per heavy atom. The highest BCUT2D eigenvalue weighted by Crippen LogP contribution is 2.19. The first-order chi connectivity index (χ1) is 6.37. The molecule has 1 rings (SSSR count). The van der Waals surface area contributed by atoms with E-state index in [9.17, 15) is 24.6 Å². The molecule has 0 spiro atoms.